The Kier molecular flexibility index (Phi) is 3.75. The number of hydrogen-bond acceptors (Lipinski definition) is 2. The highest BCUT2D eigenvalue weighted by Crippen LogP contribution is 2.36. The molecule has 1 atom stereocenters. The van der Waals surface area contributed by atoms with Crippen LogP contribution in [0.1, 0.15) is 31.4 Å². The highest BCUT2D eigenvalue weighted by molar-refractivity contribution is 6.33. The lowest BCUT2D eigenvalue weighted by atomic mass is 10.1. The van der Waals surface area contributed by atoms with Crippen LogP contribution in [0, 0.1) is 0 Å². The number of benzene rings is 1. The van der Waals surface area contributed by atoms with E-state index in [1.807, 2.05) is 19.1 Å². The zero-order valence-corrected chi connectivity index (χ0v) is 11.0. The SMILES string of the molecule is C=CCN(c1ccc(C(C)N)cc1Cl)C1CC1. The zero-order valence-electron chi connectivity index (χ0n) is 10.2. The van der Waals surface area contributed by atoms with Crippen molar-refractivity contribution in [2.24, 2.45) is 5.73 Å². The van der Waals surface area contributed by atoms with Crippen molar-refractivity contribution in [3.63, 3.8) is 0 Å². The number of nitrogens with two attached hydrogens (primary N) is 1. The Morgan fingerprint density at radius 1 is 1.59 bits per heavy atom. The molecule has 0 spiro atoms. The minimum atomic E-state index is 0.0235. The van der Waals surface area contributed by atoms with Crippen molar-refractivity contribution in [3.05, 3.63) is 41.4 Å². The molecule has 0 bridgehead atoms. The van der Waals surface area contributed by atoms with Crippen molar-refractivity contribution in [3.8, 4) is 0 Å². The quantitative estimate of drug-likeness (QED) is 0.811. The number of halogens is 1. The summed E-state index contributed by atoms with van der Waals surface area (Å²) in [4.78, 5) is 2.32. The van der Waals surface area contributed by atoms with Crippen molar-refractivity contribution in [1.82, 2.24) is 0 Å². The van der Waals surface area contributed by atoms with Gasteiger partial charge in [-0.15, -0.1) is 6.58 Å². The molecule has 17 heavy (non-hydrogen) atoms. The third-order valence-corrected chi connectivity index (χ3v) is 3.42. The summed E-state index contributed by atoms with van der Waals surface area (Å²) in [5.74, 6) is 0. The summed E-state index contributed by atoms with van der Waals surface area (Å²) in [6.45, 7) is 6.62. The predicted molar refractivity (Wildman–Crippen MR) is 74.6 cm³/mol. The lowest BCUT2D eigenvalue weighted by Crippen LogP contribution is -2.25. The minimum Gasteiger partial charge on any atom is -0.364 e. The monoisotopic (exact) mass is 250 g/mol. The fourth-order valence-electron chi connectivity index (χ4n) is 2.01. The van der Waals surface area contributed by atoms with Crippen molar-refractivity contribution in [1.29, 1.82) is 0 Å². The van der Waals surface area contributed by atoms with Crippen LogP contribution < -0.4 is 10.6 Å². The highest BCUT2D eigenvalue weighted by atomic mass is 35.5. The second-order valence-electron chi connectivity index (χ2n) is 4.67. The van der Waals surface area contributed by atoms with Crippen LogP contribution >= 0.6 is 11.6 Å². The third kappa shape index (κ3) is 2.82. The summed E-state index contributed by atoms with van der Waals surface area (Å²) >= 11 is 6.34. The van der Waals surface area contributed by atoms with E-state index in [9.17, 15) is 0 Å². The van der Waals surface area contributed by atoms with Gasteiger partial charge in [0.05, 0.1) is 10.7 Å². The summed E-state index contributed by atoms with van der Waals surface area (Å²) in [5, 5.41) is 0.786. The van der Waals surface area contributed by atoms with Crippen molar-refractivity contribution in [2.45, 2.75) is 31.8 Å². The molecular formula is C14H19ClN2. The molecule has 2 N–H and O–H groups in total. The average molecular weight is 251 g/mol. The number of anilines is 1. The van der Waals surface area contributed by atoms with Crippen LogP contribution in [0.2, 0.25) is 5.02 Å². The molecule has 92 valence electrons. The van der Waals surface area contributed by atoms with Gasteiger partial charge in [0, 0.05) is 18.6 Å². The van der Waals surface area contributed by atoms with Crippen molar-refractivity contribution >= 4 is 17.3 Å². The van der Waals surface area contributed by atoms with Gasteiger partial charge in [-0.25, -0.2) is 0 Å². The summed E-state index contributed by atoms with van der Waals surface area (Å²) in [6.07, 6.45) is 4.42. The van der Waals surface area contributed by atoms with E-state index in [2.05, 4.69) is 23.6 Å². The number of rotatable bonds is 5. The van der Waals surface area contributed by atoms with Crippen LogP contribution in [0.15, 0.2) is 30.9 Å². The summed E-state index contributed by atoms with van der Waals surface area (Å²) in [5.41, 5.74) is 8.02. The maximum absolute atomic E-state index is 6.34. The van der Waals surface area contributed by atoms with E-state index in [1.165, 1.54) is 12.8 Å². The third-order valence-electron chi connectivity index (χ3n) is 3.12. The van der Waals surface area contributed by atoms with Gasteiger partial charge in [-0.2, -0.15) is 0 Å². The van der Waals surface area contributed by atoms with Gasteiger partial charge in [-0.1, -0.05) is 23.7 Å². The van der Waals surface area contributed by atoms with Gasteiger partial charge in [0.1, 0.15) is 0 Å². The minimum absolute atomic E-state index is 0.0235. The molecule has 1 aliphatic carbocycles. The Morgan fingerprint density at radius 3 is 2.76 bits per heavy atom. The average Bonchev–Trinajstić information content (AvgIpc) is 3.10. The predicted octanol–water partition coefficient (Wildman–Crippen LogP) is 3.51. The van der Waals surface area contributed by atoms with Gasteiger partial charge in [0.2, 0.25) is 0 Å². The Hall–Kier alpha value is -0.990. The molecule has 1 aromatic carbocycles. The Labute approximate surface area is 108 Å². The molecule has 0 saturated heterocycles. The molecule has 1 fully saturated rings. The summed E-state index contributed by atoms with van der Waals surface area (Å²) in [7, 11) is 0. The van der Waals surface area contributed by atoms with E-state index in [0.717, 1.165) is 22.8 Å². The van der Waals surface area contributed by atoms with Crippen molar-refractivity contribution < 1.29 is 0 Å². The number of hydrogen-bond donors (Lipinski definition) is 1. The van der Waals surface area contributed by atoms with E-state index in [-0.39, 0.29) is 6.04 Å². The molecule has 1 aliphatic rings. The molecule has 0 aromatic heterocycles. The van der Waals surface area contributed by atoms with Gasteiger partial charge in [-0.3, -0.25) is 0 Å². The molecule has 2 rings (SSSR count). The fourth-order valence-corrected chi connectivity index (χ4v) is 2.31. The van der Waals surface area contributed by atoms with Crippen LogP contribution in [0.25, 0.3) is 0 Å². The van der Waals surface area contributed by atoms with Crippen molar-refractivity contribution in [2.75, 3.05) is 11.4 Å². The van der Waals surface area contributed by atoms with E-state index in [0.29, 0.717) is 6.04 Å². The van der Waals surface area contributed by atoms with Crippen LogP contribution in [-0.2, 0) is 0 Å². The Morgan fingerprint density at radius 2 is 2.29 bits per heavy atom. The van der Waals surface area contributed by atoms with Gasteiger partial charge in [-0.05, 0) is 37.5 Å². The Balaban J connectivity index is 2.27. The molecule has 1 unspecified atom stereocenters. The van der Waals surface area contributed by atoms with Gasteiger partial charge >= 0.3 is 0 Å². The smallest absolute Gasteiger partial charge is 0.0643 e. The van der Waals surface area contributed by atoms with Crippen LogP contribution in [0.3, 0.4) is 0 Å². The first kappa shape index (κ1) is 12.5. The van der Waals surface area contributed by atoms with Crippen LogP contribution in [0.5, 0.6) is 0 Å². The molecule has 1 saturated carbocycles. The maximum atomic E-state index is 6.34. The number of nitrogens with zero attached hydrogens (tertiary/aromatic N) is 1. The van der Waals surface area contributed by atoms with Crippen LogP contribution in [-0.4, -0.2) is 12.6 Å². The van der Waals surface area contributed by atoms with Gasteiger partial charge in [0.25, 0.3) is 0 Å². The topological polar surface area (TPSA) is 29.3 Å². The molecule has 1 aromatic rings. The first-order valence-electron chi connectivity index (χ1n) is 6.06. The van der Waals surface area contributed by atoms with E-state index in [4.69, 9.17) is 17.3 Å². The maximum Gasteiger partial charge on any atom is 0.0643 e. The normalized spacial score (nSPS) is 16.6. The lowest BCUT2D eigenvalue weighted by Gasteiger charge is -2.24. The zero-order chi connectivity index (χ0) is 12.4. The summed E-state index contributed by atoms with van der Waals surface area (Å²) < 4.78 is 0. The molecular weight excluding hydrogens is 232 g/mol. The summed E-state index contributed by atoms with van der Waals surface area (Å²) in [6, 6.07) is 6.76. The largest absolute Gasteiger partial charge is 0.364 e. The molecule has 0 amide bonds. The molecule has 3 heteroatoms. The highest BCUT2D eigenvalue weighted by Gasteiger charge is 2.29. The van der Waals surface area contributed by atoms with Gasteiger partial charge < -0.3 is 10.6 Å². The second kappa shape index (κ2) is 5.11. The standard InChI is InChI=1S/C14H19ClN2/c1-3-8-17(12-5-6-12)14-7-4-11(10(2)16)9-13(14)15/h3-4,7,9-10,12H,1,5-6,8,16H2,2H3. The first-order valence-corrected chi connectivity index (χ1v) is 6.44. The van der Waals surface area contributed by atoms with E-state index >= 15 is 0 Å². The Bertz CT molecular complexity index is 411. The lowest BCUT2D eigenvalue weighted by molar-refractivity contribution is 0.815. The first-order chi connectivity index (χ1) is 8.13. The molecule has 0 heterocycles. The van der Waals surface area contributed by atoms with Crippen LogP contribution in [0.4, 0.5) is 5.69 Å². The molecule has 0 aliphatic heterocycles. The molecule has 0 radical (unpaired) electrons. The van der Waals surface area contributed by atoms with Gasteiger partial charge in [0.15, 0.2) is 0 Å². The van der Waals surface area contributed by atoms with E-state index in [1.54, 1.807) is 0 Å². The second-order valence-corrected chi connectivity index (χ2v) is 5.08. The van der Waals surface area contributed by atoms with E-state index < -0.39 is 0 Å². The molecule has 2 nitrogen and oxygen atoms in total. The fraction of sp³-hybridized carbons (Fsp3) is 0.429.